The number of thioether (sulfide) groups is 1. The van der Waals surface area contributed by atoms with E-state index in [2.05, 4.69) is 18.2 Å². The first kappa shape index (κ1) is 17.3. The van der Waals surface area contributed by atoms with Crippen molar-refractivity contribution in [3.8, 4) is 11.5 Å². The van der Waals surface area contributed by atoms with Gasteiger partial charge >= 0.3 is 0 Å². The molecule has 0 N–H and O–H groups in total. The maximum atomic E-state index is 12.8. The number of rotatable bonds is 5. The largest absolute Gasteiger partial charge is 0.486 e. The fourth-order valence-electron chi connectivity index (χ4n) is 3.59. The smallest absolute Gasteiger partial charge is 0.233 e. The summed E-state index contributed by atoms with van der Waals surface area (Å²) in [7, 11) is 0. The van der Waals surface area contributed by atoms with Crippen molar-refractivity contribution < 1.29 is 14.3 Å². The minimum absolute atomic E-state index is 0.149. The Morgan fingerprint density at radius 2 is 1.88 bits per heavy atom. The first-order valence-electron chi connectivity index (χ1n) is 9.12. The Hall–Kier alpha value is -2.14. The van der Waals surface area contributed by atoms with Crippen LogP contribution in [0.3, 0.4) is 0 Å². The average Bonchev–Trinajstić information content (AvgIpc) is 3.18. The lowest BCUT2D eigenvalue weighted by Crippen LogP contribution is -2.32. The summed E-state index contributed by atoms with van der Waals surface area (Å²) in [5.41, 5.74) is 2.41. The second kappa shape index (κ2) is 8.04. The molecule has 2 aliphatic rings. The van der Waals surface area contributed by atoms with E-state index in [-0.39, 0.29) is 11.9 Å². The van der Waals surface area contributed by atoms with Crippen LogP contribution in [-0.4, -0.2) is 36.3 Å². The van der Waals surface area contributed by atoms with Crippen LogP contribution in [0.15, 0.2) is 48.5 Å². The Labute approximate surface area is 158 Å². The normalized spacial score (nSPS) is 18.8. The number of hydrogen-bond acceptors (Lipinski definition) is 4. The standard InChI is InChI=1S/C21H23NO3S/c23-21(15-26-14-16-5-2-1-3-6-16)22-10-4-7-18(22)17-8-9-19-20(13-17)25-12-11-24-19/h1-3,5-6,8-9,13,18H,4,7,10-12,14-15H2. The zero-order valence-corrected chi connectivity index (χ0v) is 15.5. The molecule has 2 aromatic carbocycles. The number of carbonyl (C=O) groups excluding carboxylic acids is 1. The van der Waals surface area contributed by atoms with E-state index in [0.717, 1.165) is 42.2 Å². The van der Waals surface area contributed by atoms with E-state index in [1.807, 2.05) is 35.2 Å². The molecular formula is C21H23NO3S. The average molecular weight is 369 g/mol. The number of ether oxygens (including phenoxy) is 2. The second-order valence-electron chi connectivity index (χ2n) is 6.63. The lowest BCUT2D eigenvalue weighted by molar-refractivity contribution is -0.129. The summed E-state index contributed by atoms with van der Waals surface area (Å²) >= 11 is 1.69. The number of likely N-dealkylation sites (tertiary alicyclic amines) is 1. The van der Waals surface area contributed by atoms with Crippen LogP contribution in [0, 0.1) is 0 Å². The molecule has 1 unspecified atom stereocenters. The fourth-order valence-corrected chi connectivity index (χ4v) is 4.46. The fraction of sp³-hybridized carbons (Fsp3) is 0.381. The molecule has 0 saturated carbocycles. The molecule has 1 amide bonds. The molecule has 0 spiro atoms. The summed E-state index contributed by atoms with van der Waals surface area (Å²) < 4.78 is 11.3. The van der Waals surface area contributed by atoms with Gasteiger partial charge in [-0.25, -0.2) is 0 Å². The van der Waals surface area contributed by atoms with Gasteiger partial charge in [-0.2, -0.15) is 0 Å². The Kier molecular flexibility index (Phi) is 5.34. The van der Waals surface area contributed by atoms with E-state index in [9.17, 15) is 4.79 Å². The van der Waals surface area contributed by atoms with Crippen LogP contribution in [0.25, 0.3) is 0 Å². The molecule has 5 heteroatoms. The third-order valence-electron chi connectivity index (χ3n) is 4.86. The number of nitrogens with zero attached hydrogens (tertiary/aromatic N) is 1. The van der Waals surface area contributed by atoms with Gasteiger partial charge in [-0.1, -0.05) is 36.4 Å². The van der Waals surface area contributed by atoms with Gasteiger partial charge in [0.1, 0.15) is 13.2 Å². The molecule has 4 rings (SSSR count). The number of hydrogen-bond donors (Lipinski definition) is 0. The number of carbonyl (C=O) groups is 1. The van der Waals surface area contributed by atoms with E-state index in [1.165, 1.54) is 5.56 Å². The van der Waals surface area contributed by atoms with Crippen LogP contribution in [0.2, 0.25) is 0 Å². The SMILES string of the molecule is O=C(CSCc1ccccc1)N1CCCC1c1ccc2c(c1)OCCO2. The van der Waals surface area contributed by atoms with Crippen molar-refractivity contribution in [2.24, 2.45) is 0 Å². The van der Waals surface area contributed by atoms with Crippen LogP contribution >= 0.6 is 11.8 Å². The molecule has 4 nitrogen and oxygen atoms in total. The molecule has 2 aromatic rings. The predicted octanol–water partition coefficient (Wildman–Crippen LogP) is 4.05. The molecule has 1 saturated heterocycles. The van der Waals surface area contributed by atoms with E-state index < -0.39 is 0 Å². The van der Waals surface area contributed by atoms with Crippen molar-refractivity contribution in [2.75, 3.05) is 25.5 Å². The summed E-state index contributed by atoms with van der Waals surface area (Å²) in [5.74, 6) is 3.22. The Balaban J connectivity index is 1.39. The summed E-state index contributed by atoms with van der Waals surface area (Å²) in [6, 6.07) is 16.5. The molecule has 136 valence electrons. The van der Waals surface area contributed by atoms with Gasteiger partial charge in [0.05, 0.1) is 11.8 Å². The van der Waals surface area contributed by atoms with E-state index in [0.29, 0.717) is 19.0 Å². The summed E-state index contributed by atoms with van der Waals surface area (Å²) in [6.07, 6.45) is 2.06. The van der Waals surface area contributed by atoms with Gasteiger partial charge in [-0.3, -0.25) is 4.79 Å². The molecule has 1 atom stereocenters. The molecule has 0 aromatic heterocycles. The lowest BCUT2D eigenvalue weighted by atomic mass is 10.0. The highest BCUT2D eigenvalue weighted by atomic mass is 32.2. The van der Waals surface area contributed by atoms with Crippen molar-refractivity contribution in [3.05, 3.63) is 59.7 Å². The molecule has 2 aliphatic heterocycles. The topological polar surface area (TPSA) is 38.8 Å². The van der Waals surface area contributed by atoms with Crippen molar-refractivity contribution in [1.82, 2.24) is 4.90 Å². The number of amides is 1. The maximum Gasteiger partial charge on any atom is 0.233 e. The minimum Gasteiger partial charge on any atom is -0.486 e. The molecule has 1 fully saturated rings. The summed E-state index contributed by atoms with van der Waals surface area (Å²) in [6.45, 7) is 2.02. The third kappa shape index (κ3) is 3.83. The van der Waals surface area contributed by atoms with Crippen LogP contribution in [0.4, 0.5) is 0 Å². The molecule has 0 radical (unpaired) electrons. The minimum atomic E-state index is 0.149. The van der Waals surface area contributed by atoms with Crippen molar-refractivity contribution in [3.63, 3.8) is 0 Å². The van der Waals surface area contributed by atoms with Gasteiger partial charge in [-0.05, 0) is 36.1 Å². The van der Waals surface area contributed by atoms with Crippen LogP contribution in [-0.2, 0) is 10.5 Å². The van der Waals surface area contributed by atoms with Gasteiger partial charge in [0.15, 0.2) is 11.5 Å². The van der Waals surface area contributed by atoms with Gasteiger partial charge in [0.2, 0.25) is 5.91 Å². The quantitative estimate of drug-likeness (QED) is 0.797. The van der Waals surface area contributed by atoms with E-state index >= 15 is 0 Å². The Morgan fingerprint density at radius 1 is 1.08 bits per heavy atom. The molecule has 0 aliphatic carbocycles. The monoisotopic (exact) mass is 369 g/mol. The van der Waals surface area contributed by atoms with Gasteiger partial charge in [-0.15, -0.1) is 11.8 Å². The molecule has 0 bridgehead atoms. The maximum absolute atomic E-state index is 12.8. The first-order valence-corrected chi connectivity index (χ1v) is 10.3. The predicted molar refractivity (Wildman–Crippen MR) is 104 cm³/mol. The first-order chi connectivity index (χ1) is 12.8. The third-order valence-corrected chi connectivity index (χ3v) is 5.85. The van der Waals surface area contributed by atoms with Crippen LogP contribution < -0.4 is 9.47 Å². The summed E-state index contributed by atoms with van der Waals surface area (Å²) in [4.78, 5) is 14.8. The highest BCUT2D eigenvalue weighted by Gasteiger charge is 2.30. The second-order valence-corrected chi connectivity index (χ2v) is 7.61. The highest BCUT2D eigenvalue weighted by Crippen LogP contribution is 2.38. The van der Waals surface area contributed by atoms with E-state index in [4.69, 9.17) is 9.47 Å². The molecule has 2 heterocycles. The van der Waals surface area contributed by atoms with Crippen LogP contribution in [0.1, 0.15) is 30.0 Å². The Bertz CT molecular complexity index is 765. The lowest BCUT2D eigenvalue weighted by Gasteiger charge is -2.26. The van der Waals surface area contributed by atoms with Gasteiger partial charge in [0.25, 0.3) is 0 Å². The highest BCUT2D eigenvalue weighted by molar-refractivity contribution is 7.99. The van der Waals surface area contributed by atoms with Crippen LogP contribution in [0.5, 0.6) is 11.5 Å². The van der Waals surface area contributed by atoms with Crippen molar-refractivity contribution in [2.45, 2.75) is 24.6 Å². The summed E-state index contributed by atoms with van der Waals surface area (Å²) in [5, 5.41) is 0. The zero-order chi connectivity index (χ0) is 17.8. The van der Waals surface area contributed by atoms with Crippen molar-refractivity contribution in [1.29, 1.82) is 0 Å². The van der Waals surface area contributed by atoms with Crippen molar-refractivity contribution >= 4 is 17.7 Å². The zero-order valence-electron chi connectivity index (χ0n) is 14.7. The Morgan fingerprint density at radius 3 is 2.73 bits per heavy atom. The number of benzene rings is 2. The molecular weight excluding hydrogens is 346 g/mol. The van der Waals surface area contributed by atoms with Gasteiger partial charge < -0.3 is 14.4 Å². The van der Waals surface area contributed by atoms with Gasteiger partial charge in [0, 0.05) is 12.3 Å². The number of fused-ring (bicyclic) bond motifs is 1. The van der Waals surface area contributed by atoms with E-state index in [1.54, 1.807) is 11.8 Å². The molecule has 26 heavy (non-hydrogen) atoms.